The van der Waals surface area contributed by atoms with Crippen molar-refractivity contribution in [1.82, 2.24) is 0 Å². The van der Waals surface area contributed by atoms with Gasteiger partial charge in [-0.15, -0.1) is 0 Å². The van der Waals surface area contributed by atoms with Crippen molar-refractivity contribution in [1.29, 1.82) is 0 Å². The third-order valence-electron chi connectivity index (χ3n) is 1.40. The molecule has 0 heterocycles. The molecule has 12 heavy (non-hydrogen) atoms. The number of benzene rings is 1. The first kappa shape index (κ1) is 10.2. The van der Waals surface area contributed by atoms with Gasteiger partial charge in [-0.05, 0) is 17.7 Å². The van der Waals surface area contributed by atoms with Crippen LogP contribution in [0.5, 0.6) is 0 Å². The standard InChI is InChI=1S/C8H7F2IS/c9-8(10)5-6-1-3-7(12-11)4-2-6/h1-4,8H,5H2. The van der Waals surface area contributed by atoms with E-state index in [1.807, 2.05) is 12.1 Å². The maximum Gasteiger partial charge on any atom is 0.242 e. The average Bonchev–Trinajstić information content (AvgIpc) is 2.05. The highest BCUT2D eigenvalue weighted by atomic mass is 127. The topological polar surface area (TPSA) is 0 Å². The zero-order chi connectivity index (χ0) is 8.97. The Morgan fingerprint density at radius 1 is 1.25 bits per heavy atom. The predicted octanol–water partition coefficient (Wildman–Crippen LogP) is 3.94. The average molecular weight is 300 g/mol. The summed E-state index contributed by atoms with van der Waals surface area (Å²) in [6, 6.07) is 7.20. The predicted molar refractivity (Wildman–Crippen MR) is 56.0 cm³/mol. The highest BCUT2D eigenvalue weighted by Gasteiger charge is 2.03. The molecule has 0 aliphatic carbocycles. The second kappa shape index (κ2) is 5.01. The van der Waals surface area contributed by atoms with Gasteiger partial charge in [0.15, 0.2) is 0 Å². The van der Waals surface area contributed by atoms with Crippen molar-refractivity contribution < 1.29 is 8.78 Å². The lowest BCUT2D eigenvalue weighted by atomic mass is 10.2. The summed E-state index contributed by atoms with van der Waals surface area (Å²) < 4.78 is 23.8. The third kappa shape index (κ3) is 3.26. The normalized spacial score (nSPS) is 10.7. The van der Waals surface area contributed by atoms with E-state index in [1.54, 1.807) is 21.1 Å². The molecule has 0 nitrogen and oxygen atoms in total. The minimum Gasteiger partial charge on any atom is -0.210 e. The van der Waals surface area contributed by atoms with Crippen LogP contribution in [0.25, 0.3) is 0 Å². The molecule has 0 unspecified atom stereocenters. The van der Waals surface area contributed by atoms with E-state index in [0.29, 0.717) is 5.56 Å². The number of halogens is 3. The van der Waals surface area contributed by atoms with Crippen LogP contribution < -0.4 is 0 Å². The lowest BCUT2D eigenvalue weighted by molar-refractivity contribution is 0.149. The maximum atomic E-state index is 11.9. The van der Waals surface area contributed by atoms with E-state index in [2.05, 4.69) is 21.2 Å². The maximum absolute atomic E-state index is 11.9. The molecule has 0 amide bonds. The first-order valence-electron chi connectivity index (χ1n) is 3.38. The summed E-state index contributed by atoms with van der Waals surface area (Å²) in [5.74, 6) is 0. The van der Waals surface area contributed by atoms with E-state index < -0.39 is 6.43 Å². The Bertz CT molecular complexity index is 235. The molecule has 66 valence electrons. The second-order valence-corrected chi connectivity index (χ2v) is 4.26. The lowest BCUT2D eigenvalue weighted by Gasteiger charge is -2.00. The van der Waals surface area contributed by atoms with Gasteiger partial charge in [0, 0.05) is 32.5 Å². The molecule has 0 aliphatic heterocycles. The van der Waals surface area contributed by atoms with Gasteiger partial charge in [-0.3, -0.25) is 0 Å². The molecule has 0 bridgehead atoms. The van der Waals surface area contributed by atoms with Crippen LogP contribution in [0.4, 0.5) is 8.78 Å². The largest absolute Gasteiger partial charge is 0.242 e. The monoisotopic (exact) mass is 300 g/mol. The molecule has 0 spiro atoms. The zero-order valence-corrected chi connectivity index (χ0v) is 9.11. The van der Waals surface area contributed by atoms with E-state index in [4.69, 9.17) is 0 Å². The quantitative estimate of drug-likeness (QED) is 0.762. The van der Waals surface area contributed by atoms with Gasteiger partial charge in [0.25, 0.3) is 0 Å². The van der Waals surface area contributed by atoms with Crippen molar-refractivity contribution >= 4 is 30.1 Å². The first-order chi connectivity index (χ1) is 5.72. The molecule has 1 rings (SSSR count). The van der Waals surface area contributed by atoms with Crippen molar-refractivity contribution in [3.63, 3.8) is 0 Å². The number of hydrogen-bond donors (Lipinski definition) is 0. The Morgan fingerprint density at radius 2 is 1.83 bits per heavy atom. The fraction of sp³-hybridized carbons (Fsp3) is 0.250. The molecule has 0 saturated heterocycles. The molecule has 0 atom stereocenters. The summed E-state index contributed by atoms with van der Waals surface area (Å²) in [6.07, 6.45) is -2.39. The summed E-state index contributed by atoms with van der Waals surface area (Å²) in [6.45, 7) is 0. The number of hydrogen-bond acceptors (Lipinski definition) is 1. The van der Waals surface area contributed by atoms with E-state index in [-0.39, 0.29) is 6.42 Å². The summed E-state index contributed by atoms with van der Waals surface area (Å²) >= 11 is 2.16. The van der Waals surface area contributed by atoms with E-state index in [0.717, 1.165) is 4.90 Å². The Labute approximate surface area is 86.3 Å². The molecule has 0 radical (unpaired) electrons. The van der Waals surface area contributed by atoms with Crippen LogP contribution >= 0.6 is 30.1 Å². The Balaban J connectivity index is 2.65. The smallest absolute Gasteiger partial charge is 0.210 e. The van der Waals surface area contributed by atoms with Gasteiger partial charge in [0.05, 0.1) is 0 Å². The van der Waals surface area contributed by atoms with Crippen molar-refractivity contribution in [2.24, 2.45) is 0 Å². The summed E-state index contributed by atoms with van der Waals surface area (Å²) in [7, 11) is 1.58. The van der Waals surface area contributed by atoms with Crippen LogP contribution in [0, 0.1) is 0 Å². The van der Waals surface area contributed by atoms with Crippen LogP contribution in [0.2, 0.25) is 0 Å². The van der Waals surface area contributed by atoms with Gasteiger partial charge in [-0.25, -0.2) is 8.78 Å². The fourth-order valence-electron chi connectivity index (χ4n) is 0.855. The van der Waals surface area contributed by atoms with E-state index in [9.17, 15) is 8.78 Å². The van der Waals surface area contributed by atoms with Gasteiger partial charge in [-0.2, -0.15) is 0 Å². The third-order valence-corrected chi connectivity index (χ3v) is 3.38. The summed E-state index contributed by atoms with van der Waals surface area (Å²) in [5.41, 5.74) is 0.694. The minimum atomic E-state index is -2.25. The van der Waals surface area contributed by atoms with Gasteiger partial charge in [-0.1, -0.05) is 21.1 Å². The molecule has 0 saturated carbocycles. The molecule has 0 aliphatic rings. The first-order valence-corrected chi connectivity index (χ1v) is 6.74. The molecular formula is C8H7F2IS. The van der Waals surface area contributed by atoms with Crippen molar-refractivity contribution in [3.05, 3.63) is 29.8 Å². The SMILES string of the molecule is FC(F)Cc1ccc(SI)cc1. The van der Waals surface area contributed by atoms with Crippen LogP contribution in [0.1, 0.15) is 5.56 Å². The zero-order valence-electron chi connectivity index (χ0n) is 6.14. The highest BCUT2D eigenvalue weighted by molar-refractivity contribution is 14.2. The molecular weight excluding hydrogens is 293 g/mol. The fourth-order valence-corrected chi connectivity index (χ4v) is 1.97. The van der Waals surface area contributed by atoms with Gasteiger partial charge >= 0.3 is 0 Å². The Morgan fingerprint density at radius 3 is 2.25 bits per heavy atom. The lowest BCUT2D eigenvalue weighted by Crippen LogP contribution is -1.95. The Hall–Kier alpha value is 0.160. The van der Waals surface area contributed by atoms with E-state index >= 15 is 0 Å². The van der Waals surface area contributed by atoms with Crippen molar-refractivity contribution in [3.8, 4) is 0 Å². The summed E-state index contributed by atoms with van der Waals surface area (Å²) in [5, 5.41) is 0. The molecule has 0 aromatic heterocycles. The molecule has 4 heteroatoms. The molecule has 1 aromatic carbocycles. The van der Waals surface area contributed by atoms with Crippen LogP contribution in [-0.2, 0) is 6.42 Å². The Kier molecular flexibility index (Phi) is 4.28. The van der Waals surface area contributed by atoms with E-state index in [1.165, 1.54) is 0 Å². The molecule has 0 N–H and O–H groups in total. The van der Waals surface area contributed by atoms with Gasteiger partial charge < -0.3 is 0 Å². The number of rotatable bonds is 3. The van der Waals surface area contributed by atoms with Crippen LogP contribution in [0.3, 0.4) is 0 Å². The molecule has 0 fully saturated rings. The second-order valence-electron chi connectivity index (χ2n) is 2.32. The van der Waals surface area contributed by atoms with Gasteiger partial charge in [0.2, 0.25) is 6.43 Å². The van der Waals surface area contributed by atoms with Gasteiger partial charge in [0.1, 0.15) is 0 Å². The van der Waals surface area contributed by atoms with Crippen molar-refractivity contribution in [2.75, 3.05) is 0 Å². The van der Waals surface area contributed by atoms with Crippen LogP contribution in [-0.4, -0.2) is 6.43 Å². The minimum absolute atomic E-state index is 0.147. The number of alkyl halides is 2. The molecule has 1 aromatic rings. The van der Waals surface area contributed by atoms with Crippen LogP contribution in [0.15, 0.2) is 29.2 Å². The highest BCUT2D eigenvalue weighted by Crippen LogP contribution is 2.25. The summed E-state index contributed by atoms with van der Waals surface area (Å²) in [4.78, 5) is 1.09. The van der Waals surface area contributed by atoms with Crippen molar-refractivity contribution in [2.45, 2.75) is 17.7 Å².